The average molecular weight is 404 g/mol. The van der Waals surface area contributed by atoms with Gasteiger partial charge in [0.15, 0.2) is 0 Å². The number of anilines is 2. The summed E-state index contributed by atoms with van der Waals surface area (Å²) in [4.78, 5) is 40.2. The van der Waals surface area contributed by atoms with Crippen LogP contribution in [0.15, 0.2) is 42.5 Å². The van der Waals surface area contributed by atoms with Crippen molar-refractivity contribution in [2.75, 3.05) is 23.8 Å². The van der Waals surface area contributed by atoms with Crippen molar-refractivity contribution in [3.63, 3.8) is 0 Å². The number of likely N-dealkylation sites (N-methyl/N-ethyl adjacent to an activating group) is 1. The Hall–Kier alpha value is -2.93. The van der Waals surface area contributed by atoms with Gasteiger partial charge in [0.05, 0.1) is 16.9 Å². The fourth-order valence-electron chi connectivity index (χ4n) is 3.19. The Bertz CT molecular complexity index is 950. The largest absolute Gasteiger partial charge is 0.332 e. The lowest BCUT2D eigenvalue weighted by Gasteiger charge is -2.29. The first-order valence-corrected chi connectivity index (χ1v) is 9.07. The van der Waals surface area contributed by atoms with Gasteiger partial charge in [-0.25, -0.2) is 4.39 Å². The topological polar surface area (TPSA) is 69.7 Å². The number of rotatable bonds is 3. The third-order valence-electron chi connectivity index (χ3n) is 4.51. The Morgan fingerprint density at radius 1 is 1.29 bits per heavy atom. The highest BCUT2D eigenvalue weighted by Gasteiger charge is 2.31. The van der Waals surface area contributed by atoms with Crippen LogP contribution in [0.1, 0.15) is 23.7 Å². The van der Waals surface area contributed by atoms with E-state index in [1.807, 2.05) is 0 Å². The highest BCUT2D eigenvalue weighted by Crippen LogP contribution is 2.31. The molecule has 0 unspecified atom stereocenters. The Morgan fingerprint density at radius 2 is 2.00 bits per heavy atom. The number of carbonyl (C=O) groups excluding carboxylic acids is 3. The number of fused-ring (bicyclic) bond motifs is 1. The van der Waals surface area contributed by atoms with Gasteiger partial charge in [0.1, 0.15) is 12.4 Å². The minimum Gasteiger partial charge on any atom is -0.332 e. The van der Waals surface area contributed by atoms with Crippen molar-refractivity contribution in [3.05, 3.63) is 58.9 Å². The Balaban J connectivity index is 1.84. The Morgan fingerprint density at radius 3 is 2.75 bits per heavy atom. The number of hydrogen-bond donors (Lipinski definition) is 1. The van der Waals surface area contributed by atoms with Crippen LogP contribution in [-0.2, 0) is 9.59 Å². The molecule has 2 aromatic rings. The molecule has 8 heteroatoms. The van der Waals surface area contributed by atoms with Crippen molar-refractivity contribution in [1.29, 1.82) is 0 Å². The number of para-hydroxylation sites is 2. The van der Waals surface area contributed by atoms with Crippen LogP contribution in [0.4, 0.5) is 15.8 Å². The summed E-state index contributed by atoms with van der Waals surface area (Å²) in [6.07, 6.45) is 0.126. The number of hydrogen-bond acceptors (Lipinski definition) is 3. The summed E-state index contributed by atoms with van der Waals surface area (Å²) in [6.45, 7) is 1.48. The summed E-state index contributed by atoms with van der Waals surface area (Å²) in [5.41, 5.74) is 0.879. The maximum Gasteiger partial charge on any atom is 0.257 e. The van der Waals surface area contributed by atoms with E-state index in [9.17, 15) is 18.8 Å². The highest BCUT2D eigenvalue weighted by atomic mass is 35.5. The SMILES string of the molecule is C[C@@H]1CC(=O)Nc2ccccc2N1C(=O)CN(C)C(=O)c1cc(Cl)ccc1F. The predicted molar refractivity (Wildman–Crippen MR) is 105 cm³/mol. The van der Waals surface area contributed by atoms with Gasteiger partial charge in [-0.05, 0) is 37.3 Å². The molecule has 2 aromatic carbocycles. The van der Waals surface area contributed by atoms with Crippen molar-refractivity contribution < 1.29 is 18.8 Å². The van der Waals surface area contributed by atoms with E-state index in [2.05, 4.69) is 5.32 Å². The van der Waals surface area contributed by atoms with Crippen molar-refractivity contribution in [3.8, 4) is 0 Å². The Kier molecular flexibility index (Phi) is 5.65. The van der Waals surface area contributed by atoms with Gasteiger partial charge in [0.2, 0.25) is 11.8 Å². The molecular formula is C20H19ClFN3O3. The van der Waals surface area contributed by atoms with Crippen molar-refractivity contribution >= 4 is 40.7 Å². The van der Waals surface area contributed by atoms with Crippen LogP contribution in [-0.4, -0.2) is 42.3 Å². The molecule has 0 fully saturated rings. The Labute approximate surface area is 166 Å². The van der Waals surface area contributed by atoms with Crippen LogP contribution < -0.4 is 10.2 Å². The fourth-order valence-corrected chi connectivity index (χ4v) is 3.36. The quantitative estimate of drug-likeness (QED) is 0.854. The maximum absolute atomic E-state index is 14.0. The first-order chi connectivity index (χ1) is 13.3. The molecule has 28 heavy (non-hydrogen) atoms. The van der Waals surface area contributed by atoms with Gasteiger partial charge >= 0.3 is 0 Å². The number of halogens is 2. The van der Waals surface area contributed by atoms with Crippen LogP contribution in [0.5, 0.6) is 0 Å². The van der Waals surface area contributed by atoms with Gasteiger partial charge in [-0.3, -0.25) is 14.4 Å². The van der Waals surface area contributed by atoms with E-state index in [0.29, 0.717) is 11.4 Å². The summed E-state index contributed by atoms with van der Waals surface area (Å²) in [5.74, 6) is -1.94. The van der Waals surface area contributed by atoms with E-state index in [4.69, 9.17) is 11.6 Å². The van der Waals surface area contributed by atoms with Gasteiger partial charge in [-0.2, -0.15) is 0 Å². The zero-order valence-electron chi connectivity index (χ0n) is 15.4. The minimum atomic E-state index is -0.711. The molecule has 1 aliphatic rings. The lowest BCUT2D eigenvalue weighted by Crippen LogP contribution is -2.45. The van der Waals surface area contributed by atoms with Crippen molar-refractivity contribution in [2.24, 2.45) is 0 Å². The zero-order chi connectivity index (χ0) is 20.4. The highest BCUT2D eigenvalue weighted by molar-refractivity contribution is 6.31. The van der Waals surface area contributed by atoms with E-state index in [0.717, 1.165) is 11.0 Å². The molecule has 0 saturated carbocycles. The molecule has 0 saturated heterocycles. The molecule has 146 valence electrons. The third-order valence-corrected chi connectivity index (χ3v) is 4.74. The van der Waals surface area contributed by atoms with Gasteiger partial charge in [0.25, 0.3) is 5.91 Å². The number of amides is 3. The minimum absolute atomic E-state index is 0.126. The molecule has 1 aliphatic heterocycles. The third kappa shape index (κ3) is 3.99. The predicted octanol–water partition coefficient (Wildman–Crippen LogP) is 3.32. The lowest BCUT2D eigenvalue weighted by molar-refractivity contribution is -0.119. The van der Waals surface area contributed by atoms with Gasteiger partial charge in [-0.15, -0.1) is 0 Å². The lowest BCUT2D eigenvalue weighted by atomic mass is 10.1. The van der Waals surface area contributed by atoms with E-state index < -0.39 is 17.8 Å². The monoisotopic (exact) mass is 403 g/mol. The molecule has 0 aliphatic carbocycles. The molecule has 3 rings (SSSR count). The second kappa shape index (κ2) is 7.98. The first-order valence-electron chi connectivity index (χ1n) is 8.69. The fraction of sp³-hybridized carbons (Fsp3) is 0.250. The summed E-state index contributed by atoms with van der Waals surface area (Å²) in [7, 11) is 1.42. The van der Waals surface area contributed by atoms with Gasteiger partial charge < -0.3 is 15.1 Å². The van der Waals surface area contributed by atoms with Crippen LogP contribution >= 0.6 is 11.6 Å². The van der Waals surface area contributed by atoms with Crippen LogP contribution in [0, 0.1) is 5.82 Å². The molecule has 1 atom stereocenters. The smallest absolute Gasteiger partial charge is 0.257 e. The molecule has 1 heterocycles. The number of carbonyl (C=O) groups is 3. The summed E-state index contributed by atoms with van der Waals surface area (Å²) in [5, 5.41) is 3.00. The molecule has 0 aromatic heterocycles. The normalized spacial score (nSPS) is 16.1. The van der Waals surface area contributed by atoms with E-state index in [1.165, 1.54) is 24.1 Å². The molecule has 1 N–H and O–H groups in total. The zero-order valence-corrected chi connectivity index (χ0v) is 16.2. The second-order valence-corrected chi connectivity index (χ2v) is 7.10. The van der Waals surface area contributed by atoms with E-state index in [-0.39, 0.29) is 35.4 Å². The molecule has 0 bridgehead atoms. The number of nitrogens with one attached hydrogen (secondary N) is 1. The standard InChI is InChI=1S/C20H19ClFN3O3/c1-12-9-18(26)23-16-5-3-4-6-17(16)25(12)19(27)11-24(2)20(28)14-10-13(21)7-8-15(14)22/h3-8,10,12H,9,11H2,1-2H3,(H,23,26)/t12-/m1/s1. The summed E-state index contributed by atoms with van der Waals surface area (Å²) in [6, 6.07) is 10.2. The maximum atomic E-state index is 14.0. The van der Waals surface area contributed by atoms with E-state index >= 15 is 0 Å². The number of nitrogens with zero attached hydrogens (tertiary/aromatic N) is 2. The molecule has 0 spiro atoms. The molecular weight excluding hydrogens is 385 g/mol. The molecule has 0 radical (unpaired) electrons. The number of benzene rings is 2. The van der Waals surface area contributed by atoms with Crippen molar-refractivity contribution in [2.45, 2.75) is 19.4 Å². The van der Waals surface area contributed by atoms with Crippen molar-refractivity contribution in [1.82, 2.24) is 4.90 Å². The average Bonchev–Trinajstić information content (AvgIpc) is 2.77. The second-order valence-electron chi connectivity index (χ2n) is 6.67. The van der Waals surface area contributed by atoms with Crippen LogP contribution in [0.25, 0.3) is 0 Å². The summed E-state index contributed by atoms with van der Waals surface area (Å²) < 4.78 is 14.0. The van der Waals surface area contributed by atoms with Crippen LogP contribution in [0.2, 0.25) is 5.02 Å². The first kappa shape index (κ1) is 19.8. The van der Waals surface area contributed by atoms with E-state index in [1.54, 1.807) is 31.2 Å². The molecule has 3 amide bonds. The summed E-state index contributed by atoms with van der Waals surface area (Å²) >= 11 is 5.85. The molecule has 6 nitrogen and oxygen atoms in total. The van der Waals surface area contributed by atoms with Crippen LogP contribution in [0.3, 0.4) is 0 Å². The van der Waals surface area contributed by atoms with Gasteiger partial charge in [-0.1, -0.05) is 23.7 Å². The van der Waals surface area contributed by atoms with Gasteiger partial charge in [0, 0.05) is 24.5 Å².